The van der Waals surface area contributed by atoms with Crippen molar-refractivity contribution in [1.29, 1.82) is 0 Å². The van der Waals surface area contributed by atoms with Gasteiger partial charge in [-0.05, 0) is 36.6 Å². The number of likely N-dealkylation sites (N-methyl/N-ethyl adjacent to an activating group) is 1. The summed E-state index contributed by atoms with van der Waals surface area (Å²) in [4.78, 5) is 4.27. The van der Waals surface area contributed by atoms with E-state index in [9.17, 15) is 0 Å². The molecule has 0 saturated carbocycles. The Morgan fingerprint density at radius 2 is 1.81 bits per heavy atom. The summed E-state index contributed by atoms with van der Waals surface area (Å²) in [5.41, 5.74) is 3.92. The highest BCUT2D eigenvalue weighted by Crippen LogP contribution is 2.20. The van der Waals surface area contributed by atoms with Crippen LogP contribution in [0.25, 0.3) is 0 Å². The Balaban J connectivity index is 2.07. The number of nitrogens with one attached hydrogen (secondary N) is 1. The predicted octanol–water partition coefficient (Wildman–Crippen LogP) is 3.55. The minimum Gasteiger partial charge on any atom is -0.481 e. The summed E-state index contributed by atoms with van der Waals surface area (Å²) in [5, 5.41) is 3.39. The van der Waals surface area contributed by atoms with Crippen LogP contribution in [0.4, 0.5) is 0 Å². The molecule has 2 rings (SSSR count). The van der Waals surface area contributed by atoms with Gasteiger partial charge in [-0.2, -0.15) is 0 Å². The molecule has 0 fully saturated rings. The Labute approximate surface area is 127 Å². The molecule has 1 unspecified atom stereocenters. The number of rotatable bonds is 7. The van der Waals surface area contributed by atoms with Gasteiger partial charge in [0.15, 0.2) is 0 Å². The fourth-order valence-electron chi connectivity index (χ4n) is 2.48. The van der Waals surface area contributed by atoms with E-state index in [1.165, 1.54) is 23.1 Å². The summed E-state index contributed by atoms with van der Waals surface area (Å²) in [5.74, 6) is 0.656. The van der Waals surface area contributed by atoms with Crippen LogP contribution >= 0.6 is 0 Å². The highest BCUT2D eigenvalue weighted by Gasteiger charge is 2.10. The van der Waals surface area contributed by atoms with Crippen molar-refractivity contribution in [3.05, 3.63) is 59.3 Å². The quantitative estimate of drug-likeness (QED) is 0.844. The minimum absolute atomic E-state index is 0.302. The van der Waals surface area contributed by atoms with Crippen molar-refractivity contribution in [2.75, 3.05) is 14.2 Å². The molecule has 0 aliphatic rings. The van der Waals surface area contributed by atoms with Crippen molar-refractivity contribution in [2.24, 2.45) is 0 Å². The van der Waals surface area contributed by atoms with Gasteiger partial charge >= 0.3 is 0 Å². The van der Waals surface area contributed by atoms with E-state index >= 15 is 0 Å². The third kappa shape index (κ3) is 4.30. The molecule has 1 atom stereocenters. The molecule has 3 nitrogen and oxygen atoms in total. The van der Waals surface area contributed by atoms with Crippen LogP contribution in [0, 0.1) is 0 Å². The highest BCUT2D eigenvalue weighted by molar-refractivity contribution is 5.27. The van der Waals surface area contributed by atoms with E-state index in [1.807, 2.05) is 19.3 Å². The first-order valence-corrected chi connectivity index (χ1v) is 7.51. The Hall–Kier alpha value is -1.87. The second-order valence-electron chi connectivity index (χ2n) is 5.25. The summed E-state index contributed by atoms with van der Waals surface area (Å²) >= 11 is 0. The summed E-state index contributed by atoms with van der Waals surface area (Å²) in [6, 6.07) is 13.2. The molecule has 0 spiro atoms. The molecule has 1 aromatic carbocycles. The van der Waals surface area contributed by atoms with Gasteiger partial charge in [-0.25, -0.2) is 4.98 Å². The number of hydrogen-bond acceptors (Lipinski definition) is 3. The standard InChI is InChI=1S/C18H24N2O/c1-4-5-14-6-9-16(10-7-14)17(19-2)12-15-8-11-18(21-3)20-13-15/h6-11,13,17,19H,4-5,12H2,1-3H3. The molecule has 0 radical (unpaired) electrons. The summed E-state index contributed by atoms with van der Waals surface area (Å²) in [6.45, 7) is 2.21. The van der Waals surface area contributed by atoms with E-state index in [1.54, 1.807) is 7.11 Å². The van der Waals surface area contributed by atoms with E-state index in [2.05, 4.69) is 47.6 Å². The molecular weight excluding hydrogens is 260 g/mol. The smallest absolute Gasteiger partial charge is 0.212 e. The largest absolute Gasteiger partial charge is 0.481 e. The van der Waals surface area contributed by atoms with Crippen LogP contribution in [0.3, 0.4) is 0 Å². The lowest BCUT2D eigenvalue weighted by molar-refractivity contribution is 0.397. The monoisotopic (exact) mass is 284 g/mol. The van der Waals surface area contributed by atoms with Crippen LogP contribution in [-0.4, -0.2) is 19.1 Å². The molecule has 0 aliphatic heterocycles. The van der Waals surface area contributed by atoms with Crippen LogP contribution in [0.5, 0.6) is 5.88 Å². The third-order valence-corrected chi connectivity index (χ3v) is 3.72. The number of hydrogen-bond donors (Lipinski definition) is 1. The van der Waals surface area contributed by atoms with Crippen molar-refractivity contribution in [1.82, 2.24) is 10.3 Å². The number of nitrogens with zero attached hydrogens (tertiary/aromatic N) is 1. The van der Waals surface area contributed by atoms with Gasteiger partial charge in [0.1, 0.15) is 0 Å². The Morgan fingerprint density at radius 3 is 2.33 bits per heavy atom. The second kappa shape index (κ2) is 7.79. The minimum atomic E-state index is 0.302. The van der Waals surface area contributed by atoms with Crippen LogP contribution in [-0.2, 0) is 12.8 Å². The van der Waals surface area contributed by atoms with Gasteiger partial charge in [-0.1, -0.05) is 43.7 Å². The van der Waals surface area contributed by atoms with Crippen molar-refractivity contribution in [3.8, 4) is 5.88 Å². The number of benzene rings is 1. The number of aryl methyl sites for hydroxylation is 1. The molecule has 1 N–H and O–H groups in total. The lowest BCUT2D eigenvalue weighted by Gasteiger charge is -2.17. The average molecular weight is 284 g/mol. The normalized spacial score (nSPS) is 12.1. The van der Waals surface area contributed by atoms with Crippen LogP contribution in [0.1, 0.15) is 36.1 Å². The summed E-state index contributed by atoms with van der Waals surface area (Å²) < 4.78 is 5.09. The van der Waals surface area contributed by atoms with Crippen LogP contribution in [0.15, 0.2) is 42.6 Å². The van der Waals surface area contributed by atoms with Crippen LogP contribution < -0.4 is 10.1 Å². The maximum Gasteiger partial charge on any atom is 0.212 e. The third-order valence-electron chi connectivity index (χ3n) is 3.72. The number of pyridine rings is 1. The zero-order valence-electron chi connectivity index (χ0n) is 13.1. The first-order chi connectivity index (χ1) is 10.3. The van der Waals surface area contributed by atoms with Gasteiger partial charge in [0.2, 0.25) is 5.88 Å². The zero-order chi connectivity index (χ0) is 15.1. The molecule has 2 aromatic rings. The van der Waals surface area contributed by atoms with Gasteiger partial charge in [0, 0.05) is 18.3 Å². The molecule has 0 aliphatic carbocycles. The molecule has 21 heavy (non-hydrogen) atoms. The van der Waals surface area contributed by atoms with Crippen LogP contribution in [0.2, 0.25) is 0 Å². The first kappa shape index (κ1) is 15.5. The van der Waals surface area contributed by atoms with Gasteiger partial charge < -0.3 is 10.1 Å². The Kier molecular flexibility index (Phi) is 5.76. The van der Waals surface area contributed by atoms with E-state index < -0.39 is 0 Å². The average Bonchev–Trinajstić information content (AvgIpc) is 2.54. The second-order valence-corrected chi connectivity index (χ2v) is 5.25. The summed E-state index contributed by atoms with van der Waals surface area (Å²) in [7, 11) is 3.64. The molecule has 1 heterocycles. The number of ether oxygens (including phenoxy) is 1. The van der Waals surface area contributed by atoms with E-state index in [0.717, 1.165) is 12.8 Å². The zero-order valence-corrected chi connectivity index (χ0v) is 13.1. The fourth-order valence-corrected chi connectivity index (χ4v) is 2.48. The van der Waals surface area contributed by atoms with Gasteiger partial charge in [0.25, 0.3) is 0 Å². The van der Waals surface area contributed by atoms with E-state index in [4.69, 9.17) is 4.74 Å². The first-order valence-electron chi connectivity index (χ1n) is 7.51. The number of aromatic nitrogens is 1. The SMILES string of the molecule is CCCc1ccc(C(Cc2ccc(OC)nc2)NC)cc1. The van der Waals surface area contributed by atoms with Gasteiger partial charge in [-0.3, -0.25) is 0 Å². The lowest BCUT2D eigenvalue weighted by atomic mass is 9.98. The maximum absolute atomic E-state index is 5.09. The van der Waals surface area contributed by atoms with Crippen molar-refractivity contribution in [3.63, 3.8) is 0 Å². The fraction of sp³-hybridized carbons (Fsp3) is 0.389. The molecule has 0 saturated heterocycles. The number of methoxy groups -OCH3 is 1. The topological polar surface area (TPSA) is 34.1 Å². The van der Waals surface area contributed by atoms with E-state index in [0.29, 0.717) is 11.9 Å². The predicted molar refractivity (Wildman–Crippen MR) is 86.7 cm³/mol. The van der Waals surface area contributed by atoms with Gasteiger partial charge in [-0.15, -0.1) is 0 Å². The molecule has 1 aromatic heterocycles. The Morgan fingerprint density at radius 1 is 1.10 bits per heavy atom. The lowest BCUT2D eigenvalue weighted by Crippen LogP contribution is -2.18. The molecule has 0 amide bonds. The highest BCUT2D eigenvalue weighted by atomic mass is 16.5. The van der Waals surface area contributed by atoms with Crippen molar-refractivity contribution >= 4 is 0 Å². The maximum atomic E-state index is 5.09. The summed E-state index contributed by atoms with van der Waals surface area (Å²) in [6.07, 6.45) is 5.13. The molecule has 0 bridgehead atoms. The molecule has 112 valence electrons. The van der Waals surface area contributed by atoms with Crippen molar-refractivity contribution < 1.29 is 4.74 Å². The van der Waals surface area contributed by atoms with Gasteiger partial charge in [0.05, 0.1) is 7.11 Å². The molecular formula is C18H24N2O. The Bertz CT molecular complexity index is 534. The van der Waals surface area contributed by atoms with Crippen molar-refractivity contribution in [2.45, 2.75) is 32.2 Å². The van der Waals surface area contributed by atoms with E-state index in [-0.39, 0.29) is 0 Å². The molecule has 3 heteroatoms.